The Balaban J connectivity index is 1.71. The van der Waals surface area contributed by atoms with Crippen molar-refractivity contribution in [2.24, 2.45) is 10.9 Å². The summed E-state index contributed by atoms with van der Waals surface area (Å²) in [7, 11) is 0. The lowest BCUT2D eigenvalue weighted by Crippen LogP contribution is -2.48. The van der Waals surface area contributed by atoms with Gasteiger partial charge >= 0.3 is 6.36 Å². The molecule has 2 atom stereocenters. The summed E-state index contributed by atoms with van der Waals surface area (Å²) in [5, 5.41) is 3.18. The molecular weight excluding hydrogens is 417 g/mol. The first-order valence-corrected chi connectivity index (χ1v) is 10.4. The van der Waals surface area contributed by atoms with Crippen LogP contribution in [0.25, 0.3) is 0 Å². The number of ether oxygens (including phenoxy) is 2. The minimum absolute atomic E-state index is 0.147. The molecule has 0 saturated carbocycles. The van der Waals surface area contributed by atoms with Crippen LogP contribution in [0.4, 0.5) is 13.2 Å². The maximum absolute atomic E-state index is 13.0. The van der Waals surface area contributed by atoms with Crippen molar-refractivity contribution >= 4 is 22.8 Å². The van der Waals surface area contributed by atoms with Crippen molar-refractivity contribution in [2.45, 2.75) is 18.3 Å². The van der Waals surface area contributed by atoms with Crippen LogP contribution < -0.4 is 10.1 Å². The van der Waals surface area contributed by atoms with E-state index in [-0.39, 0.29) is 17.6 Å². The predicted octanol–water partition coefficient (Wildman–Crippen LogP) is 4.35. The molecule has 0 bridgehead atoms. The van der Waals surface area contributed by atoms with Gasteiger partial charge in [-0.25, -0.2) is 0 Å². The Morgan fingerprint density at radius 2 is 1.90 bits per heavy atom. The average Bonchev–Trinajstić information content (AvgIpc) is 2.73. The van der Waals surface area contributed by atoms with Crippen LogP contribution in [0, 0.1) is 5.92 Å². The zero-order valence-electron chi connectivity index (χ0n) is 15.8. The van der Waals surface area contributed by atoms with Gasteiger partial charge < -0.3 is 14.8 Å². The van der Waals surface area contributed by atoms with Crippen LogP contribution in [0.1, 0.15) is 22.3 Å². The van der Waals surface area contributed by atoms with Gasteiger partial charge in [0, 0.05) is 35.8 Å². The Labute approximate surface area is 175 Å². The van der Waals surface area contributed by atoms with Gasteiger partial charge in [-0.2, -0.15) is 0 Å². The van der Waals surface area contributed by atoms with Crippen molar-refractivity contribution in [3.63, 3.8) is 0 Å². The number of hydrogen-bond acceptors (Lipinski definition) is 5. The van der Waals surface area contributed by atoms with Gasteiger partial charge in [0.25, 0.3) is 5.91 Å². The molecule has 2 aromatic rings. The number of nitrogens with zero attached hydrogens (tertiary/aromatic N) is 1. The molecule has 0 aliphatic carbocycles. The second-order valence-electron chi connectivity index (χ2n) is 7.04. The SMILES string of the molecule is O=C(NC1=N[C@@]2(c3ccccc3OC(F)(F)F)CCOC[C@@H]2CS1)c1ccccc1. The molecule has 0 aromatic heterocycles. The van der Waals surface area contributed by atoms with E-state index in [2.05, 4.69) is 10.1 Å². The van der Waals surface area contributed by atoms with Gasteiger partial charge in [-0.1, -0.05) is 48.2 Å². The number of para-hydroxylation sites is 1. The molecule has 1 fully saturated rings. The van der Waals surface area contributed by atoms with Gasteiger partial charge in [-0.3, -0.25) is 9.79 Å². The number of carbonyl (C=O) groups excluding carboxylic acids is 1. The first-order valence-electron chi connectivity index (χ1n) is 9.39. The first kappa shape index (κ1) is 20.7. The van der Waals surface area contributed by atoms with Crippen LogP contribution in [-0.4, -0.2) is 36.4 Å². The molecule has 2 aliphatic rings. The summed E-state index contributed by atoms with van der Waals surface area (Å²) >= 11 is 1.36. The standard InChI is InChI=1S/C21H19F3N2O3S/c22-21(23,24)29-17-9-5-4-8-16(17)20-10-11-28-12-15(20)13-30-19(26-20)25-18(27)14-6-2-1-3-7-14/h1-9,15H,10-13H2,(H,25,26,27)/t15-,20+/m1/s1. The number of amidine groups is 1. The fourth-order valence-electron chi connectivity index (χ4n) is 3.80. The molecule has 0 unspecified atom stereocenters. The lowest BCUT2D eigenvalue weighted by Gasteiger charge is -2.44. The van der Waals surface area contributed by atoms with E-state index >= 15 is 0 Å². The van der Waals surface area contributed by atoms with E-state index in [4.69, 9.17) is 9.73 Å². The monoisotopic (exact) mass is 436 g/mol. The van der Waals surface area contributed by atoms with Crippen molar-refractivity contribution in [3.8, 4) is 5.75 Å². The van der Waals surface area contributed by atoms with Crippen LogP contribution in [0.15, 0.2) is 59.6 Å². The summed E-state index contributed by atoms with van der Waals surface area (Å²) in [4.78, 5) is 17.3. The van der Waals surface area contributed by atoms with Crippen LogP contribution in [0.2, 0.25) is 0 Å². The Morgan fingerprint density at radius 3 is 2.67 bits per heavy atom. The van der Waals surface area contributed by atoms with Crippen molar-refractivity contribution in [1.82, 2.24) is 5.32 Å². The molecule has 9 heteroatoms. The van der Waals surface area contributed by atoms with Gasteiger partial charge in [0.15, 0.2) is 5.17 Å². The molecule has 2 aromatic carbocycles. The van der Waals surface area contributed by atoms with E-state index in [9.17, 15) is 18.0 Å². The Kier molecular flexibility index (Phi) is 5.75. The number of halogens is 3. The summed E-state index contributed by atoms with van der Waals surface area (Å²) in [6.07, 6.45) is -4.42. The lowest BCUT2D eigenvalue weighted by molar-refractivity contribution is -0.275. The smallest absolute Gasteiger partial charge is 0.405 e. The zero-order valence-corrected chi connectivity index (χ0v) is 16.6. The lowest BCUT2D eigenvalue weighted by atomic mass is 9.75. The molecule has 158 valence electrons. The molecule has 0 radical (unpaired) electrons. The van der Waals surface area contributed by atoms with Gasteiger partial charge in [-0.15, -0.1) is 13.2 Å². The quantitative estimate of drug-likeness (QED) is 0.777. The molecular formula is C21H19F3N2O3S. The molecule has 2 heterocycles. The molecule has 5 nitrogen and oxygen atoms in total. The number of fused-ring (bicyclic) bond motifs is 1. The van der Waals surface area contributed by atoms with Crippen molar-refractivity contribution in [2.75, 3.05) is 19.0 Å². The second kappa shape index (κ2) is 8.31. The van der Waals surface area contributed by atoms with Crippen LogP contribution in [0.5, 0.6) is 5.75 Å². The Bertz CT molecular complexity index is 952. The molecule has 2 aliphatic heterocycles. The number of amides is 1. The molecule has 4 rings (SSSR count). The van der Waals surface area contributed by atoms with E-state index in [1.54, 1.807) is 36.4 Å². The maximum Gasteiger partial charge on any atom is 0.573 e. The van der Waals surface area contributed by atoms with Crippen molar-refractivity contribution in [3.05, 3.63) is 65.7 Å². The summed E-state index contributed by atoms with van der Waals surface area (Å²) < 4.78 is 48.9. The number of carbonyl (C=O) groups is 1. The van der Waals surface area contributed by atoms with Crippen molar-refractivity contribution < 1.29 is 27.4 Å². The zero-order chi connectivity index (χ0) is 21.2. The first-order chi connectivity index (χ1) is 14.4. The number of rotatable bonds is 3. The third kappa shape index (κ3) is 4.32. The second-order valence-corrected chi connectivity index (χ2v) is 8.05. The van der Waals surface area contributed by atoms with Crippen LogP contribution in [0.3, 0.4) is 0 Å². The third-order valence-electron chi connectivity index (χ3n) is 5.18. The highest BCUT2D eigenvalue weighted by molar-refractivity contribution is 8.13. The van der Waals surface area contributed by atoms with E-state index in [1.165, 1.54) is 23.9 Å². The normalized spacial score (nSPS) is 23.8. The van der Waals surface area contributed by atoms with Gasteiger partial charge in [0.2, 0.25) is 0 Å². The minimum Gasteiger partial charge on any atom is -0.405 e. The van der Waals surface area contributed by atoms with E-state index in [1.807, 2.05) is 6.07 Å². The summed E-state index contributed by atoms with van der Waals surface area (Å²) in [6.45, 7) is 0.724. The number of thioether (sulfide) groups is 1. The average molecular weight is 436 g/mol. The summed E-state index contributed by atoms with van der Waals surface area (Å²) in [5.74, 6) is -0.191. The number of aliphatic imine (C=N–C) groups is 1. The highest BCUT2D eigenvalue weighted by Crippen LogP contribution is 2.48. The largest absolute Gasteiger partial charge is 0.573 e. The number of alkyl halides is 3. The van der Waals surface area contributed by atoms with Crippen molar-refractivity contribution in [1.29, 1.82) is 0 Å². The van der Waals surface area contributed by atoms with Gasteiger partial charge in [-0.05, 0) is 18.2 Å². The topological polar surface area (TPSA) is 59.9 Å². The summed E-state index contributed by atoms with van der Waals surface area (Å²) in [5.41, 5.74) is -0.142. The predicted molar refractivity (Wildman–Crippen MR) is 108 cm³/mol. The highest BCUT2D eigenvalue weighted by atomic mass is 32.2. The fourth-order valence-corrected chi connectivity index (χ4v) is 4.92. The van der Waals surface area contributed by atoms with E-state index in [0.29, 0.717) is 41.7 Å². The molecule has 0 spiro atoms. The third-order valence-corrected chi connectivity index (χ3v) is 6.22. The molecule has 1 saturated heterocycles. The molecule has 30 heavy (non-hydrogen) atoms. The number of nitrogens with one attached hydrogen (secondary N) is 1. The van der Waals surface area contributed by atoms with Gasteiger partial charge in [0.1, 0.15) is 11.3 Å². The van der Waals surface area contributed by atoms with Crippen LogP contribution >= 0.6 is 11.8 Å². The molecule has 1 N–H and O–H groups in total. The van der Waals surface area contributed by atoms with E-state index in [0.717, 1.165) is 0 Å². The fraction of sp³-hybridized carbons (Fsp3) is 0.333. The maximum atomic E-state index is 13.0. The Morgan fingerprint density at radius 1 is 1.17 bits per heavy atom. The minimum atomic E-state index is -4.81. The van der Waals surface area contributed by atoms with Crippen LogP contribution in [-0.2, 0) is 10.3 Å². The Hall–Kier alpha value is -2.52. The summed E-state index contributed by atoms with van der Waals surface area (Å²) in [6, 6.07) is 14.7. The van der Waals surface area contributed by atoms with Gasteiger partial charge in [0.05, 0.1) is 6.61 Å². The number of benzene rings is 2. The number of hydrogen-bond donors (Lipinski definition) is 1. The van der Waals surface area contributed by atoms with E-state index < -0.39 is 11.9 Å². The highest BCUT2D eigenvalue weighted by Gasteiger charge is 2.48. The molecule has 1 amide bonds.